The number of carboxylic acids is 1. The summed E-state index contributed by atoms with van der Waals surface area (Å²) in [5.41, 5.74) is 1.00. The summed E-state index contributed by atoms with van der Waals surface area (Å²) in [5, 5.41) is 12.1. The lowest BCUT2D eigenvalue weighted by Crippen LogP contribution is -2.31. The average Bonchev–Trinajstić information content (AvgIpc) is 2.95. The molecule has 1 amide bonds. The van der Waals surface area contributed by atoms with Gasteiger partial charge in [-0.2, -0.15) is 0 Å². The zero-order valence-electron chi connectivity index (χ0n) is 11.5. The quantitative estimate of drug-likeness (QED) is 0.898. The van der Waals surface area contributed by atoms with Gasteiger partial charge in [-0.15, -0.1) is 23.1 Å². The number of likely N-dealkylation sites (tertiary alicyclic amines) is 1. The fourth-order valence-corrected chi connectivity index (χ4v) is 3.83. The number of carboxylic acid groups (broad SMARTS) is 1. The van der Waals surface area contributed by atoms with Crippen molar-refractivity contribution in [2.45, 2.75) is 19.6 Å². The van der Waals surface area contributed by atoms with Gasteiger partial charge in [-0.25, -0.2) is 4.98 Å². The minimum absolute atomic E-state index is 0.0255. The van der Waals surface area contributed by atoms with Gasteiger partial charge in [-0.3, -0.25) is 9.59 Å². The number of hydrogen-bond donors (Lipinski definition) is 1. The molecule has 1 aromatic heterocycles. The second kappa shape index (κ2) is 6.58. The molecular formula is C13H18N2O3S2. The van der Waals surface area contributed by atoms with Gasteiger partial charge in [0.1, 0.15) is 0 Å². The number of carbonyl (C=O) groups is 2. The highest BCUT2D eigenvalue weighted by molar-refractivity contribution is 7.99. The normalized spacial score (nSPS) is 22.2. The number of thioether (sulfide) groups is 1. The summed E-state index contributed by atoms with van der Waals surface area (Å²) >= 11 is 3.14. The van der Waals surface area contributed by atoms with E-state index in [-0.39, 0.29) is 11.8 Å². The van der Waals surface area contributed by atoms with Crippen molar-refractivity contribution in [3.05, 3.63) is 16.1 Å². The number of rotatable bonds is 5. The first-order chi connectivity index (χ1) is 9.47. The van der Waals surface area contributed by atoms with Gasteiger partial charge in [0.25, 0.3) is 0 Å². The van der Waals surface area contributed by atoms with Crippen LogP contribution in [0.1, 0.15) is 17.6 Å². The molecule has 1 aromatic rings. The molecule has 0 aromatic carbocycles. The molecule has 2 heterocycles. The predicted molar refractivity (Wildman–Crippen MR) is 79.9 cm³/mol. The molecule has 1 N–H and O–H groups in total. The molecule has 0 spiro atoms. The second-order valence-electron chi connectivity index (χ2n) is 5.07. The SMILES string of the molecule is Cc1nc(CSCC(=O)N2CC(C)C(C(=O)O)C2)cs1. The molecule has 2 atom stereocenters. The van der Waals surface area contributed by atoms with Gasteiger partial charge in [0.2, 0.25) is 5.91 Å². The molecule has 0 bridgehead atoms. The molecule has 20 heavy (non-hydrogen) atoms. The Kier molecular flexibility index (Phi) is 5.04. The number of hydrogen-bond acceptors (Lipinski definition) is 5. The van der Waals surface area contributed by atoms with Gasteiger partial charge in [0, 0.05) is 24.2 Å². The molecule has 1 saturated heterocycles. The van der Waals surface area contributed by atoms with Crippen LogP contribution in [0.25, 0.3) is 0 Å². The van der Waals surface area contributed by atoms with Gasteiger partial charge in [0.15, 0.2) is 0 Å². The molecule has 5 nitrogen and oxygen atoms in total. The van der Waals surface area contributed by atoms with Crippen LogP contribution in [0.15, 0.2) is 5.38 Å². The summed E-state index contributed by atoms with van der Waals surface area (Å²) in [7, 11) is 0. The van der Waals surface area contributed by atoms with E-state index in [2.05, 4.69) is 4.98 Å². The number of aryl methyl sites for hydroxylation is 1. The smallest absolute Gasteiger partial charge is 0.308 e. The van der Waals surface area contributed by atoms with Crippen LogP contribution in [0.2, 0.25) is 0 Å². The Morgan fingerprint density at radius 2 is 2.30 bits per heavy atom. The largest absolute Gasteiger partial charge is 0.481 e. The maximum atomic E-state index is 12.0. The number of thiazole rings is 1. The second-order valence-corrected chi connectivity index (χ2v) is 7.12. The summed E-state index contributed by atoms with van der Waals surface area (Å²) in [6.07, 6.45) is 0. The lowest BCUT2D eigenvalue weighted by molar-refractivity contribution is -0.142. The molecule has 1 aliphatic rings. The first kappa shape index (κ1) is 15.3. The number of aliphatic carboxylic acids is 1. The topological polar surface area (TPSA) is 70.5 Å². The Labute approximate surface area is 126 Å². The number of aromatic nitrogens is 1. The van der Waals surface area contributed by atoms with Crippen molar-refractivity contribution >= 4 is 35.0 Å². The fourth-order valence-electron chi connectivity index (χ4n) is 2.30. The third-order valence-electron chi connectivity index (χ3n) is 3.42. The van der Waals surface area contributed by atoms with Crippen molar-refractivity contribution in [2.24, 2.45) is 11.8 Å². The first-order valence-corrected chi connectivity index (χ1v) is 8.50. The minimum atomic E-state index is -0.807. The van der Waals surface area contributed by atoms with Crippen molar-refractivity contribution in [1.29, 1.82) is 0 Å². The lowest BCUT2D eigenvalue weighted by atomic mass is 9.99. The Hall–Kier alpha value is -1.08. The van der Waals surface area contributed by atoms with Crippen LogP contribution in [0.5, 0.6) is 0 Å². The molecule has 0 aliphatic carbocycles. The highest BCUT2D eigenvalue weighted by Gasteiger charge is 2.36. The molecule has 110 valence electrons. The molecule has 2 unspecified atom stereocenters. The maximum Gasteiger partial charge on any atom is 0.308 e. The highest BCUT2D eigenvalue weighted by atomic mass is 32.2. The third kappa shape index (κ3) is 3.73. The van der Waals surface area contributed by atoms with E-state index in [1.165, 1.54) is 11.8 Å². The number of amides is 1. The van der Waals surface area contributed by atoms with Crippen LogP contribution in [0.4, 0.5) is 0 Å². The van der Waals surface area contributed by atoms with Crippen LogP contribution < -0.4 is 0 Å². The summed E-state index contributed by atoms with van der Waals surface area (Å²) < 4.78 is 0. The summed E-state index contributed by atoms with van der Waals surface area (Å²) in [6, 6.07) is 0. The van der Waals surface area contributed by atoms with Gasteiger partial charge in [0.05, 0.1) is 22.4 Å². The Morgan fingerprint density at radius 3 is 2.85 bits per heavy atom. The van der Waals surface area contributed by atoms with E-state index in [1.807, 2.05) is 19.2 Å². The molecule has 0 saturated carbocycles. The zero-order valence-corrected chi connectivity index (χ0v) is 13.2. The van der Waals surface area contributed by atoms with Gasteiger partial charge < -0.3 is 10.0 Å². The molecule has 1 fully saturated rings. The van der Waals surface area contributed by atoms with E-state index in [1.54, 1.807) is 16.2 Å². The van der Waals surface area contributed by atoms with E-state index in [0.29, 0.717) is 18.8 Å². The Bertz CT molecular complexity index is 504. The molecule has 7 heteroatoms. The predicted octanol–water partition coefficient (Wildman–Crippen LogP) is 1.86. The highest BCUT2D eigenvalue weighted by Crippen LogP contribution is 2.24. The average molecular weight is 314 g/mol. The molecule has 1 aliphatic heterocycles. The van der Waals surface area contributed by atoms with E-state index in [9.17, 15) is 9.59 Å². The van der Waals surface area contributed by atoms with Crippen molar-refractivity contribution in [1.82, 2.24) is 9.88 Å². The van der Waals surface area contributed by atoms with Crippen LogP contribution in [0, 0.1) is 18.8 Å². The molecular weight excluding hydrogens is 296 g/mol. The molecule has 0 radical (unpaired) electrons. The van der Waals surface area contributed by atoms with Crippen LogP contribution in [-0.2, 0) is 15.3 Å². The summed E-state index contributed by atoms with van der Waals surface area (Å²) in [6.45, 7) is 4.73. The minimum Gasteiger partial charge on any atom is -0.481 e. The maximum absolute atomic E-state index is 12.0. The monoisotopic (exact) mass is 314 g/mol. The van der Waals surface area contributed by atoms with Gasteiger partial charge >= 0.3 is 5.97 Å². The van der Waals surface area contributed by atoms with Crippen molar-refractivity contribution in [3.8, 4) is 0 Å². The van der Waals surface area contributed by atoms with Gasteiger partial charge in [-0.05, 0) is 12.8 Å². The van der Waals surface area contributed by atoms with Crippen molar-refractivity contribution in [3.63, 3.8) is 0 Å². The molecule has 2 rings (SSSR count). The van der Waals surface area contributed by atoms with Crippen LogP contribution in [0.3, 0.4) is 0 Å². The zero-order chi connectivity index (χ0) is 14.7. The number of carbonyl (C=O) groups excluding carboxylic acids is 1. The summed E-state index contributed by atoms with van der Waals surface area (Å²) in [5.74, 6) is -0.0685. The lowest BCUT2D eigenvalue weighted by Gasteiger charge is -2.15. The fraction of sp³-hybridized carbons (Fsp3) is 0.615. The van der Waals surface area contributed by atoms with Crippen LogP contribution >= 0.6 is 23.1 Å². The Balaban J connectivity index is 1.77. The van der Waals surface area contributed by atoms with Crippen molar-refractivity contribution < 1.29 is 14.7 Å². The van der Waals surface area contributed by atoms with E-state index < -0.39 is 11.9 Å². The van der Waals surface area contributed by atoms with E-state index >= 15 is 0 Å². The van der Waals surface area contributed by atoms with Crippen LogP contribution in [-0.4, -0.2) is 45.7 Å². The number of nitrogens with zero attached hydrogens (tertiary/aromatic N) is 2. The van der Waals surface area contributed by atoms with Gasteiger partial charge in [-0.1, -0.05) is 6.92 Å². The Morgan fingerprint density at radius 1 is 1.55 bits per heavy atom. The van der Waals surface area contributed by atoms with E-state index in [4.69, 9.17) is 5.11 Å². The summed E-state index contributed by atoms with van der Waals surface area (Å²) in [4.78, 5) is 29.1. The standard InChI is InChI=1S/C13H18N2O3S2/c1-8-3-15(4-11(8)13(17)18)12(16)7-19-5-10-6-20-9(2)14-10/h6,8,11H,3-5,7H2,1-2H3,(H,17,18). The van der Waals surface area contributed by atoms with Crippen molar-refractivity contribution in [2.75, 3.05) is 18.8 Å². The third-order valence-corrected chi connectivity index (χ3v) is 5.20. The first-order valence-electron chi connectivity index (χ1n) is 6.46. The van der Waals surface area contributed by atoms with E-state index in [0.717, 1.165) is 16.5 Å².